The monoisotopic (exact) mass is 601 g/mol. The van der Waals surface area contributed by atoms with Gasteiger partial charge >= 0.3 is 18.4 Å². The van der Waals surface area contributed by atoms with Crippen molar-refractivity contribution in [1.82, 2.24) is 9.80 Å². The molecule has 0 spiro atoms. The van der Waals surface area contributed by atoms with Crippen LogP contribution in [0.1, 0.15) is 24.0 Å². The Morgan fingerprint density at radius 3 is 1.62 bits per heavy atom. The van der Waals surface area contributed by atoms with Crippen LogP contribution in [0.3, 0.4) is 0 Å². The highest BCUT2D eigenvalue weighted by Crippen LogP contribution is 2.40. The van der Waals surface area contributed by atoms with Gasteiger partial charge in [-0.1, -0.05) is 6.58 Å². The van der Waals surface area contributed by atoms with Crippen LogP contribution in [0.2, 0.25) is 0 Å². The summed E-state index contributed by atoms with van der Waals surface area (Å²) in [7, 11) is 0. The summed E-state index contributed by atoms with van der Waals surface area (Å²) < 4.78 is 93.8. The Hall–Kier alpha value is -4.50. The van der Waals surface area contributed by atoms with Crippen molar-refractivity contribution in [2.24, 2.45) is 11.5 Å². The Balaban J connectivity index is 1.45. The summed E-state index contributed by atoms with van der Waals surface area (Å²) in [6, 6.07) is 4.71. The first-order chi connectivity index (χ1) is 19.6. The number of nitrogens with one attached hydrogen (secondary N) is 3. The van der Waals surface area contributed by atoms with Gasteiger partial charge in [0.15, 0.2) is 5.96 Å². The largest absolute Gasteiger partial charge is 0.488 e. The van der Waals surface area contributed by atoms with Gasteiger partial charge in [-0.15, -0.1) is 0 Å². The molecular formula is C26H29F6N7O3. The zero-order valence-corrected chi connectivity index (χ0v) is 22.1. The van der Waals surface area contributed by atoms with E-state index in [0.29, 0.717) is 38.1 Å². The lowest BCUT2D eigenvalue weighted by Gasteiger charge is -2.21. The standard InChI is InChI=1S/C26H29F6N7O3/c1-14(33)38-8-6-17(12-38)41-21-4-2-15(10-19(21)25(27,28)29)36-24(40)37-16-3-5-22(20(11-16)26(30,31)32)42-18-7-9-39(13-18)23(34)35/h2-5,10-11,17-18H,1,6-9,12-13,33H2,(H3,34,35)(H2,36,37,40)/t17-,18-/m1/s1. The maximum Gasteiger partial charge on any atom is 0.420 e. The predicted molar refractivity (Wildman–Crippen MR) is 142 cm³/mol. The second kappa shape index (κ2) is 11.8. The number of carbonyl (C=O) groups excluding carboxylic acids is 1. The number of hydrogen-bond acceptors (Lipinski definition) is 6. The first-order valence-corrected chi connectivity index (χ1v) is 12.7. The van der Waals surface area contributed by atoms with Crippen LogP contribution in [0.15, 0.2) is 48.8 Å². The Labute approximate surface area is 236 Å². The van der Waals surface area contributed by atoms with Crippen molar-refractivity contribution in [3.8, 4) is 11.5 Å². The quantitative estimate of drug-likeness (QED) is 0.178. The van der Waals surface area contributed by atoms with E-state index < -0.39 is 53.2 Å². The molecule has 2 aliphatic rings. The van der Waals surface area contributed by atoms with Crippen LogP contribution in [-0.4, -0.2) is 60.2 Å². The van der Waals surface area contributed by atoms with Crippen molar-refractivity contribution < 1.29 is 40.6 Å². The van der Waals surface area contributed by atoms with Crippen LogP contribution in [0.5, 0.6) is 11.5 Å². The number of nitrogens with two attached hydrogens (primary N) is 2. The van der Waals surface area contributed by atoms with Crippen LogP contribution in [0, 0.1) is 5.41 Å². The molecule has 0 aliphatic carbocycles. The third-order valence-electron chi connectivity index (χ3n) is 6.71. The first-order valence-electron chi connectivity index (χ1n) is 12.7. The van der Waals surface area contributed by atoms with Gasteiger partial charge in [0.1, 0.15) is 23.7 Å². The third-order valence-corrected chi connectivity index (χ3v) is 6.71. The molecule has 0 radical (unpaired) electrons. The third kappa shape index (κ3) is 7.41. The van der Waals surface area contributed by atoms with Crippen LogP contribution >= 0.6 is 0 Å². The Bertz CT molecular complexity index is 1250. The van der Waals surface area contributed by atoms with Gasteiger partial charge in [-0.05, 0) is 36.4 Å². The Kier molecular flexibility index (Phi) is 8.54. The number of anilines is 2. The van der Waals surface area contributed by atoms with E-state index in [4.69, 9.17) is 26.4 Å². The molecule has 228 valence electrons. The minimum Gasteiger partial charge on any atom is -0.488 e. The summed E-state index contributed by atoms with van der Waals surface area (Å²) in [6.45, 7) is 4.83. The molecule has 2 aromatic carbocycles. The van der Waals surface area contributed by atoms with Gasteiger partial charge in [-0.2, -0.15) is 26.3 Å². The average molecular weight is 602 g/mol. The number of likely N-dealkylation sites (tertiary alicyclic amines) is 2. The molecule has 0 unspecified atom stereocenters. The number of amides is 2. The number of alkyl halides is 6. The van der Waals surface area contributed by atoms with Crippen molar-refractivity contribution in [3.63, 3.8) is 0 Å². The van der Waals surface area contributed by atoms with E-state index in [1.54, 1.807) is 4.90 Å². The molecular weight excluding hydrogens is 572 g/mol. The van der Waals surface area contributed by atoms with Crippen molar-refractivity contribution in [3.05, 3.63) is 59.9 Å². The molecule has 2 aliphatic heterocycles. The fourth-order valence-electron chi connectivity index (χ4n) is 4.65. The lowest BCUT2D eigenvalue weighted by molar-refractivity contribution is -0.140. The molecule has 4 rings (SSSR count). The smallest absolute Gasteiger partial charge is 0.420 e. The highest BCUT2D eigenvalue weighted by atomic mass is 19.4. The number of benzene rings is 2. The molecule has 2 fully saturated rings. The highest BCUT2D eigenvalue weighted by Gasteiger charge is 2.38. The number of carbonyl (C=O) groups is 1. The molecule has 0 aromatic heterocycles. The number of hydrogen-bond donors (Lipinski definition) is 5. The van der Waals surface area contributed by atoms with Crippen molar-refractivity contribution >= 4 is 23.4 Å². The molecule has 2 atom stereocenters. The molecule has 2 heterocycles. The van der Waals surface area contributed by atoms with Gasteiger partial charge in [0, 0.05) is 37.3 Å². The van der Waals surface area contributed by atoms with E-state index in [2.05, 4.69) is 17.2 Å². The molecule has 10 nitrogen and oxygen atoms in total. The van der Waals surface area contributed by atoms with Crippen LogP contribution in [0.4, 0.5) is 42.5 Å². The van der Waals surface area contributed by atoms with Crippen LogP contribution in [-0.2, 0) is 12.4 Å². The summed E-state index contributed by atoms with van der Waals surface area (Å²) in [5, 5.41) is 11.8. The van der Waals surface area contributed by atoms with E-state index in [1.165, 1.54) is 17.0 Å². The fraction of sp³-hybridized carbons (Fsp3) is 0.385. The number of urea groups is 1. The molecule has 2 amide bonds. The van der Waals surface area contributed by atoms with E-state index in [1.807, 2.05) is 0 Å². The van der Waals surface area contributed by atoms with Crippen LogP contribution in [0.25, 0.3) is 0 Å². The first kappa shape index (κ1) is 30.5. The van der Waals surface area contributed by atoms with Crippen molar-refractivity contribution in [2.45, 2.75) is 37.4 Å². The lowest BCUT2D eigenvalue weighted by atomic mass is 10.1. The number of guanidine groups is 1. The van der Waals surface area contributed by atoms with Gasteiger partial charge in [0.25, 0.3) is 0 Å². The molecule has 2 aromatic rings. The number of ether oxygens (including phenoxy) is 2. The molecule has 2 saturated heterocycles. The topological polar surface area (TPSA) is 142 Å². The Morgan fingerprint density at radius 2 is 1.26 bits per heavy atom. The van der Waals surface area contributed by atoms with Crippen LogP contribution < -0.4 is 31.6 Å². The summed E-state index contributed by atoms with van der Waals surface area (Å²) in [4.78, 5) is 15.7. The average Bonchev–Trinajstić information content (AvgIpc) is 3.55. The van der Waals surface area contributed by atoms with Gasteiger partial charge in [-0.25, -0.2) is 4.79 Å². The molecule has 7 N–H and O–H groups in total. The summed E-state index contributed by atoms with van der Waals surface area (Å²) in [6.07, 6.45) is -10.1. The van der Waals surface area contributed by atoms with Crippen molar-refractivity contribution in [2.75, 3.05) is 36.8 Å². The molecule has 16 heteroatoms. The van der Waals surface area contributed by atoms with Gasteiger partial charge < -0.3 is 41.4 Å². The van der Waals surface area contributed by atoms with Gasteiger partial charge in [0.2, 0.25) is 0 Å². The van der Waals surface area contributed by atoms with E-state index in [-0.39, 0.29) is 36.2 Å². The van der Waals surface area contributed by atoms with E-state index in [9.17, 15) is 31.1 Å². The zero-order chi connectivity index (χ0) is 30.8. The van der Waals surface area contributed by atoms with Crippen molar-refractivity contribution in [1.29, 1.82) is 5.41 Å². The summed E-state index contributed by atoms with van der Waals surface area (Å²) in [5.41, 5.74) is 8.22. The zero-order valence-electron chi connectivity index (χ0n) is 22.1. The molecule has 0 saturated carbocycles. The summed E-state index contributed by atoms with van der Waals surface area (Å²) in [5.74, 6) is -0.856. The maximum absolute atomic E-state index is 13.8. The van der Waals surface area contributed by atoms with E-state index >= 15 is 0 Å². The fourth-order valence-corrected chi connectivity index (χ4v) is 4.65. The number of rotatable bonds is 7. The predicted octanol–water partition coefficient (Wildman–Crippen LogP) is 4.60. The van der Waals surface area contributed by atoms with Gasteiger partial charge in [0.05, 0.1) is 30.0 Å². The second-order valence-corrected chi connectivity index (χ2v) is 9.82. The SMILES string of the molecule is C=C(N)N1CC[C@@H](Oc2ccc(NC(=O)Nc3ccc(O[C@@H]4CCN(C(=N)N)C4)c(C(F)(F)F)c3)cc2C(F)(F)F)C1. The highest BCUT2D eigenvalue weighted by molar-refractivity contribution is 6.00. The summed E-state index contributed by atoms with van der Waals surface area (Å²) >= 11 is 0. The Morgan fingerprint density at radius 1 is 0.833 bits per heavy atom. The number of halogens is 6. The van der Waals surface area contributed by atoms with Gasteiger partial charge in [-0.3, -0.25) is 5.41 Å². The minimum atomic E-state index is -4.84. The molecule has 42 heavy (non-hydrogen) atoms. The van der Waals surface area contributed by atoms with E-state index in [0.717, 1.165) is 12.1 Å². The maximum atomic E-state index is 13.8. The normalized spacial score (nSPS) is 19.0. The second-order valence-electron chi connectivity index (χ2n) is 9.82. The number of nitrogens with zero attached hydrogens (tertiary/aromatic N) is 2. The molecule has 0 bridgehead atoms. The lowest BCUT2D eigenvalue weighted by Crippen LogP contribution is -2.35. The minimum absolute atomic E-state index is 0.140.